The van der Waals surface area contributed by atoms with Gasteiger partial charge in [-0.2, -0.15) is 23.4 Å². The van der Waals surface area contributed by atoms with Gasteiger partial charge >= 0.3 is 0 Å². The third-order valence-electron chi connectivity index (χ3n) is 2.18. The minimum Gasteiger partial charge on any atom is -0.368 e. The average molecular weight is 271 g/mol. The molecule has 1 rings (SSSR count). The van der Waals surface area contributed by atoms with Crippen LogP contribution in [0.1, 0.15) is 31.5 Å². The molecule has 0 saturated carbocycles. The Morgan fingerprint density at radius 1 is 1.22 bits per heavy atom. The van der Waals surface area contributed by atoms with E-state index in [1.165, 1.54) is 5.37 Å². The summed E-state index contributed by atoms with van der Waals surface area (Å²) >= 11 is 0. The summed E-state index contributed by atoms with van der Waals surface area (Å²) in [6.07, 6.45) is 3.31. The minimum absolute atomic E-state index is 0.206. The molecule has 0 aliphatic carbocycles. The number of anilines is 2. The van der Waals surface area contributed by atoms with E-state index in [-0.39, 0.29) is 5.95 Å². The molecule has 3 N–H and O–H groups in total. The van der Waals surface area contributed by atoms with Crippen LogP contribution in [0, 0.1) is 6.92 Å². The fourth-order valence-corrected chi connectivity index (χ4v) is 1.77. The third-order valence-corrected chi connectivity index (χ3v) is 2.69. The second kappa shape index (κ2) is 7.59. The van der Waals surface area contributed by atoms with Crippen molar-refractivity contribution in [3.63, 3.8) is 0 Å². The molecule has 0 aliphatic heterocycles. The molecule has 0 amide bonds. The first-order valence-corrected chi connectivity index (χ1v) is 6.85. The summed E-state index contributed by atoms with van der Waals surface area (Å²) < 4.78 is 20.5. The summed E-state index contributed by atoms with van der Waals surface area (Å²) in [4.78, 5) is 11.9. The molecule has 18 heavy (non-hydrogen) atoms. The quantitative estimate of drug-likeness (QED) is 0.546. The molecular formula is C10H17N5O2S. The minimum atomic E-state index is -2.04. The highest BCUT2D eigenvalue weighted by molar-refractivity contribution is 7.71. The highest BCUT2D eigenvalue weighted by atomic mass is 32.2. The van der Waals surface area contributed by atoms with Crippen LogP contribution >= 0.6 is 0 Å². The van der Waals surface area contributed by atoms with Crippen LogP contribution in [0.5, 0.6) is 0 Å². The normalized spacial score (nSPS) is 10.1. The summed E-state index contributed by atoms with van der Waals surface area (Å²) in [5, 5.41) is 4.33. The molecule has 8 heteroatoms. The zero-order valence-electron chi connectivity index (χ0n) is 10.3. The summed E-state index contributed by atoms with van der Waals surface area (Å²) in [5.41, 5.74) is 5.49. The van der Waals surface area contributed by atoms with Crippen molar-refractivity contribution in [3.05, 3.63) is 5.82 Å². The van der Waals surface area contributed by atoms with E-state index in [1.807, 2.05) is 0 Å². The molecule has 0 radical (unpaired) electrons. The van der Waals surface area contributed by atoms with E-state index in [0.717, 1.165) is 25.8 Å². The van der Waals surface area contributed by atoms with Gasteiger partial charge in [-0.15, -0.1) is 0 Å². The lowest BCUT2D eigenvalue weighted by Crippen LogP contribution is -2.09. The van der Waals surface area contributed by atoms with Gasteiger partial charge in [0.1, 0.15) is 5.82 Å². The molecule has 0 atom stereocenters. The Kier molecular flexibility index (Phi) is 6.06. The van der Waals surface area contributed by atoms with Crippen molar-refractivity contribution in [2.24, 2.45) is 0 Å². The van der Waals surface area contributed by atoms with Crippen molar-refractivity contribution in [2.45, 2.75) is 32.6 Å². The largest absolute Gasteiger partial charge is 0.368 e. The molecular weight excluding hydrogens is 254 g/mol. The number of hydrogen-bond acceptors (Lipinski definition) is 7. The summed E-state index contributed by atoms with van der Waals surface area (Å²) in [5.74, 6) is 1.27. The Labute approximate surface area is 107 Å². The van der Waals surface area contributed by atoms with Crippen LogP contribution in [0.4, 0.5) is 11.9 Å². The third kappa shape index (κ3) is 6.14. The zero-order valence-corrected chi connectivity index (χ0v) is 11.1. The first kappa shape index (κ1) is 14.4. The van der Waals surface area contributed by atoms with Gasteiger partial charge in [0, 0.05) is 11.9 Å². The molecule has 7 nitrogen and oxygen atoms in total. The first-order valence-electron chi connectivity index (χ1n) is 5.71. The van der Waals surface area contributed by atoms with E-state index in [4.69, 9.17) is 5.73 Å². The fourth-order valence-electron chi connectivity index (χ4n) is 1.41. The van der Waals surface area contributed by atoms with Crippen LogP contribution in [0.3, 0.4) is 0 Å². The van der Waals surface area contributed by atoms with Crippen LogP contribution in [-0.4, -0.2) is 35.3 Å². The van der Waals surface area contributed by atoms with E-state index in [2.05, 4.69) is 20.3 Å². The number of nitrogens with zero attached hydrogens (tertiary/aromatic N) is 3. The first-order chi connectivity index (χ1) is 8.58. The molecule has 0 spiro atoms. The second-order valence-electron chi connectivity index (χ2n) is 3.77. The van der Waals surface area contributed by atoms with Gasteiger partial charge in [0.2, 0.25) is 22.2 Å². The summed E-state index contributed by atoms with van der Waals surface area (Å²) in [6, 6.07) is 0. The van der Waals surface area contributed by atoms with Crippen molar-refractivity contribution >= 4 is 27.6 Å². The van der Waals surface area contributed by atoms with Gasteiger partial charge in [-0.1, -0.05) is 6.42 Å². The van der Waals surface area contributed by atoms with Crippen molar-refractivity contribution < 1.29 is 8.42 Å². The van der Waals surface area contributed by atoms with Gasteiger partial charge in [0.25, 0.3) is 0 Å². The maximum Gasteiger partial charge on any atom is 0.227 e. The van der Waals surface area contributed by atoms with Crippen LogP contribution in [0.2, 0.25) is 0 Å². The van der Waals surface area contributed by atoms with Crippen molar-refractivity contribution in [3.8, 4) is 0 Å². The molecule has 0 saturated heterocycles. The molecule has 1 aromatic rings. The predicted molar refractivity (Wildman–Crippen MR) is 70.9 cm³/mol. The molecule has 0 aliphatic rings. The van der Waals surface area contributed by atoms with Crippen molar-refractivity contribution in [1.29, 1.82) is 0 Å². The molecule has 0 bridgehead atoms. The number of aryl methyl sites for hydroxylation is 1. The lowest BCUT2D eigenvalue weighted by Gasteiger charge is -2.05. The van der Waals surface area contributed by atoms with Gasteiger partial charge in [0.15, 0.2) is 0 Å². The topological polar surface area (TPSA) is 111 Å². The average Bonchev–Trinajstić information content (AvgIpc) is 2.26. The van der Waals surface area contributed by atoms with Crippen molar-refractivity contribution in [2.75, 3.05) is 17.6 Å². The maximum absolute atomic E-state index is 10.2. The van der Waals surface area contributed by atoms with Gasteiger partial charge in [-0.05, 0) is 26.2 Å². The van der Waals surface area contributed by atoms with E-state index in [9.17, 15) is 8.42 Å². The maximum atomic E-state index is 10.2. The molecule has 1 aromatic heterocycles. The molecule has 0 fully saturated rings. The lowest BCUT2D eigenvalue weighted by molar-refractivity contribution is 0.626. The number of unbranched alkanes of at least 4 members (excludes halogenated alkanes) is 3. The van der Waals surface area contributed by atoms with E-state index in [0.29, 0.717) is 18.2 Å². The highest BCUT2D eigenvalue weighted by Crippen LogP contribution is 2.03. The van der Waals surface area contributed by atoms with Crippen LogP contribution in [0.15, 0.2) is 0 Å². The standard InChI is InChI=1S/C10H17N5O2S/c1-8-13-9(11)15-10(14-8)12-6-4-2-3-5-7-18(16)17/h7H,2-6H2,1H3,(H3,11,12,13,14,15). The highest BCUT2D eigenvalue weighted by Gasteiger charge is 1.99. The summed E-state index contributed by atoms with van der Waals surface area (Å²) in [6.45, 7) is 2.48. The van der Waals surface area contributed by atoms with Gasteiger partial charge in [-0.25, -0.2) is 0 Å². The Balaban J connectivity index is 2.19. The van der Waals surface area contributed by atoms with Gasteiger partial charge < -0.3 is 11.1 Å². The number of rotatable bonds is 7. The zero-order chi connectivity index (χ0) is 13.4. The number of aromatic nitrogens is 3. The summed E-state index contributed by atoms with van der Waals surface area (Å²) in [7, 11) is -2.04. The van der Waals surface area contributed by atoms with E-state index in [1.54, 1.807) is 6.92 Å². The second-order valence-corrected chi connectivity index (χ2v) is 4.62. The SMILES string of the molecule is Cc1nc(N)nc(NCCCCCC=S(=O)=O)n1. The Hall–Kier alpha value is -1.70. The molecule has 0 aromatic carbocycles. The van der Waals surface area contributed by atoms with Crippen LogP contribution in [0.25, 0.3) is 0 Å². The lowest BCUT2D eigenvalue weighted by atomic mass is 10.2. The Morgan fingerprint density at radius 3 is 2.67 bits per heavy atom. The Morgan fingerprint density at radius 2 is 2.00 bits per heavy atom. The van der Waals surface area contributed by atoms with E-state index >= 15 is 0 Å². The van der Waals surface area contributed by atoms with Gasteiger partial charge in [0.05, 0.1) is 0 Å². The fraction of sp³-hybridized carbons (Fsp3) is 0.600. The number of nitrogen functional groups attached to an aromatic ring is 1. The molecule has 0 unspecified atom stereocenters. The smallest absolute Gasteiger partial charge is 0.227 e. The monoisotopic (exact) mass is 271 g/mol. The molecule has 100 valence electrons. The van der Waals surface area contributed by atoms with Crippen molar-refractivity contribution in [1.82, 2.24) is 15.0 Å². The number of nitrogens with two attached hydrogens (primary N) is 1. The van der Waals surface area contributed by atoms with E-state index < -0.39 is 10.3 Å². The number of hydrogen-bond donors (Lipinski definition) is 2. The number of nitrogens with one attached hydrogen (secondary N) is 1. The van der Waals surface area contributed by atoms with Gasteiger partial charge in [-0.3, -0.25) is 0 Å². The van der Waals surface area contributed by atoms with Crippen LogP contribution < -0.4 is 11.1 Å². The molecule has 1 heterocycles. The van der Waals surface area contributed by atoms with Crippen LogP contribution in [-0.2, 0) is 10.3 Å². The Bertz CT molecular complexity index is 487. The predicted octanol–water partition coefficient (Wildman–Crippen LogP) is 0.416.